The molecule has 0 aliphatic rings. The molecule has 0 heterocycles. The number of nitrogen functional groups attached to an aromatic ring is 1. The van der Waals surface area contributed by atoms with E-state index in [1.807, 2.05) is 30.3 Å². The highest BCUT2D eigenvalue weighted by Crippen LogP contribution is 2.32. The zero-order valence-electron chi connectivity index (χ0n) is 9.71. The van der Waals surface area contributed by atoms with Gasteiger partial charge in [0.15, 0.2) is 0 Å². The van der Waals surface area contributed by atoms with Crippen LogP contribution in [0.25, 0.3) is 0 Å². The molecule has 0 aromatic heterocycles. The van der Waals surface area contributed by atoms with Gasteiger partial charge in [0.25, 0.3) is 0 Å². The lowest BCUT2D eigenvalue weighted by Gasteiger charge is -2.12. The maximum absolute atomic E-state index is 5.97. The van der Waals surface area contributed by atoms with Crippen LogP contribution in [0.5, 0.6) is 5.75 Å². The third-order valence-electron chi connectivity index (χ3n) is 2.48. The van der Waals surface area contributed by atoms with E-state index in [4.69, 9.17) is 22.1 Å². The molecular weight excluding hydrogens is 316 g/mol. The molecule has 0 atom stereocenters. The predicted molar refractivity (Wildman–Crippen MR) is 79.8 cm³/mol. The fraction of sp³-hybridized carbons (Fsp3) is 0.0769. The molecule has 3 N–H and O–H groups in total. The molecule has 0 aliphatic carbocycles. The first-order valence-electron chi connectivity index (χ1n) is 5.26. The van der Waals surface area contributed by atoms with Gasteiger partial charge in [-0.25, -0.2) is 0 Å². The van der Waals surface area contributed by atoms with Crippen LogP contribution in [0, 0.1) is 0 Å². The molecule has 0 amide bonds. The molecule has 3 nitrogen and oxygen atoms in total. The molecule has 0 spiro atoms. The van der Waals surface area contributed by atoms with E-state index >= 15 is 0 Å². The summed E-state index contributed by atoms with van der Waals surface area (Å²) in [4.78, 5) is 0. The van der Waals surface area contributed by atoms with Crippen molar-refractivity contribution in [2.45, 2.75) is 0 Å². The third-order valence-corrected chi connectivity index (χ3v) is 3.47. The number of halogens is 2. The van der Waals surface area contributed by atoms with E-state index in [-0.39, 0.29) is 0 Å². The second kappa shape index (κ2) is 5.50. The molecule has 2 aromatic rings. The van der Waals surface area contributed by atoms with Crippen molar-refractivity contribution in [1.29, 1.82) is 0 Å². The zero-order valence-corrected chi connectivity index (χ0v) is 12.0. The molecule has 2 aromatic carbocycles. The molecule has 0 unspecified atom stereocenters. The van der Waals surface area contributed by atoms with Crippen LogP contribution >= 0.6 is 27.5 Å². The highest BCUT2D eigenvalue weighted by atomic mass is 79.9. The maximum atomic E-state index is 5.97. The summed E-state index contributed by atoms with van der Waals surface area (Å²) >= 11 is 9.37. The molecule has 0 fully saturated rings. The van der Waals surface area contributed by atoms with Crippen LogP contribution < -0.4 is 15.8 Å². The van der Waals surface area contributed by atoms with Crippen LogP contribution in [-0.2, 0) is 0 Å². The number of anilines is 3. The number of para-hydroxylation sites is 1. The summed E-state index contributed by atoms with van der Waals surface area (Å²) in [6, 6.07) is 11.2. The summed E-state index contributed by atoms with van der Waals surface area (Å²) in [5.74, 6) is 0.751. The lowest BCUT2D eigenvalue weighted by atomic mass is 10.2. The Labute approximate surface area is 119 Å². The van der Waals surface area contributed by atoms with E-state index in [0.29, 0.717) is 10.7 Å². The van der Waals surface area contributed by atoms with Gasteiger partial charge >= 0.3 is 0 Å². The van der Waals surface area contributed by atoms with Gasteiger partial charge in [-0.2, -0.15) is 0 Å². The minimum atomic E-state index is 0.529. The number of rotatable bonds is 3. The van der Waals surface area contributed by atoms with Crippen molar-refractivity contribution in [3.63, 3.8) is 0 Å². The van der Waals surface area contributed by atoms with Crippen molar-refractivity contribution in [2.24, 2.45) is 0 Å². The van der Waals surface area contributed by atoms with E-state index in [1.165, 1.54) is 0 Å². The molecule has 5 heteroatoms. The lowest BCUT2D eigenvalue weighted by Crippen LogP contribution is -1.97. The monoisotopic (exact) mass is 326 g/mol. The van der Waals surface area contributed by atoms with E-state index in [0.717, 1.165) is 21.6 Å². The van der Waals surface area contributed by atoms with Crippen LogP contribution in [0.3, 0.4) is 0 Å². The normalized spacial score (nSPS) is 10.2. The largest absolute Gasteiger partial charge is 0.495 e. The summed E-state index contributed by atoms with van der Waals surface area (Å²) in [6.07, 6.45) is 0. The average molecular weight is 328 g/mol. The molecular formula is C13H12BrClN2O. The molecule has 0 saturated carbocycles. The Morgan fingerprint density at radius 2 is 2.06 bits per heavy atom. The summed E-state index contributed by atoms with van der Waals surface area (Å²) in [6.45, 7) is 0. The molecule has 94 valence electrons. The maximum Gasteiger partial charge on any atom is 0.135 e. The Hall–Kier alpha value is -1.39. The number of benzene rings is 2. The fourth-order valence-electron chi connectivity index (χ4n) is 1.54. The summed E-state index contributed by atoms with van der Waals surface area (Å²) < 4.78 is 6.13. The van der Waals surface area contributed by atoms with Crippen molar-refractivity contribution < 1.29 is 4.74 Å². The van der Waals surface area contributed by atoms with Gasteiger partial charge in [0.2, 0.25) is 0 Å². The van der Waals surface area contributed by atoms with Gasteiger partial charge in [-0.05, 0) is 40.2 Å². The van der Waals surface area contributed by atoms with Crippen molar-refractivity contribution >= 4 is 44.6 Å². The first-order valence-corrected chi connectivity index (χ1v) is 6.43. The molecule has 0 radical (unpaired) electrons. The Kier molecular flexibility index (Phi) is 3.99. The van der Waals surface area contributed by atoms with Gasteiger partial charge in [0.1, 0.15) is 5.75 Å². The number of nitrogens with two attached hydrogens (primary N) is 1. The Morgan fingerprint density at radius 1 is 1.28 bits per heavy atom. The van der Waals surface area contributed by atoms with E-state index in [2.05, 4.69) is 21.2 Å². The second-order valence-electron chi connectivity index (χ2n) is 3.68. The van der Waals surface area contributed by atoms with Gasteiger partial charge in [-0.1, -0.05) is 17.7 Å². The summed E-state index contributed by atoms with van der Waals surface area (Å²) in [7, 11) is 1.62. The van der Waals surface area contributed by atoms with Gasteiger partial charge in [-0.3, -0.25) is 0 Å². The number of hydrogen-bond acceptors (Lipinski definition) is 3. The number of hydrogen-bond donors (Lipinski definition) is 2. The molecule has 0 saturated heterocycles. The van der Waals surface area contributed by atoms with Crippen LogP contribution in [-0.4, -0.2) is 7.11 Å². The van der Waals surface area contributed by atoms with Crippen LogP contribution in [0.1, 0.15) is 0 Å². The highest BCUT2D eigenvalue weighted by molar-refractivity contribution is 9.10. The van der Waals surface area contributed by atoms with Gasteiger partial charge in [0.05, 0.1) is 28.0 Å². The SMILES string of the molecule is COc1cc(Nc2cccc(Cl)c2N)ccc1Br. The van der Waals surface area contributed by atoms with E-state index in [9.17, 15) is 0 Å². The van der Waals surface area contributed by atoms with Gasteiger partial charge in [-0.15, -0.1) is 0 Å². The van der Waals surface area contributed by atoms with Crippen LogP contribution in [0.4, 0.5) is 17.1 Å². The quantitative estimate of drug-likeness (QED) is 0.819. The smallest absolute Gasteiger partial charge is 0.135 e. The van der Waals surface area contributed by atoms with Crippen molar-refractivity contribution in [2.75, 3.05) is 18.2 Å². The lowest BCUT2D eigenvalue weighted by molar-refractivity contribution is 0.412. The molecule has 0 aliphatic heterocycles. The Bertz CT molecular complexity index is 575. The Morgan fingerprint density at radius 3 is 2.78 bits per heavy atom. The van der Waals surface area contributed by atoms with Crippen molar-refractivity contribution in [3.8, 4) is 5.75 Å². The first kappa shape index (κ1) is 13.1. The highest BCUT2D eigenvalue weighted by Gasteiger charge is 2.05. The zero-order chi connectivity index (χ0) is 13.1. The number of methoxy groups -OCH3 is 1. The topological polar surface area (TPSA) is 47.3 Å². The van der Waals surface area contributed by atoms with Crippen molar-refractivity contribution in [3.05, 3.63) is 45.9 Å². The van der Waals surface area contributed by atoms with Gasteiger partial charge < -0.3 is 15.8 Å². The minimum Gasteiger partial charge on any atom is -0.495 e. The van der Waals surface area contributed by atoms with Crippen LogP contribution in [0.15, 0.2) is 40.9 Å². The standard InChI is InChI=1S/C13H12BrClN2O/c1-18-12-7-8(5-6-9(12)14)17-11-4-2-3-10(15)13(11)16/h2-7,17H,16H2,1H3. The van der Waals surface area contributed by atoms with Gasteiger partial charge in [0, 0.05) is 11.8 Å². The first-order chi connectivity index (χ1) is 8.61. The number of nitrogens with one attached hydrogen (secondary N) is 1. The molecule has 2 rings (SSSR count). The average Bonchev–Trinajstić information content (AvgIpc) is 2.37. The number of ether oxygens (including phenoxy) is 1. The Balaban J connectivity index is 2.31. The summed E-state index contributed by atoms with van der Waals surface area (Å²) in [5.41, 5.74) is 8.07. The molecule has 0 bridgehead atoms. The fourth-order valence-corrected chi connectivity index (χ4v) is 2.12. The minimum absolute atomic E-state index is 0.529. The second-order valence-corrected chi connectivity index (χ2v) is 4.94. The van der Waals surface area contributed by atoms with E-state index < -0.39 is 0 Å². The van der Waals surface area contributed by atoms with Crippen LogP contribution in [0.2, 0.25) is 5.02 Å². The molecule has 18 heavy (non-hydrogen) atoms. The predicted octanol–water partition coefficient (Wildman–Crippen LogP) is 4.44. The third kappa shape index (κ3) is 2.71. The summed E-state index contributed by atoms with van der Waals surface area (Å²) in [5, 5.41) is 3.74. The van der Waals surface area contributed by atoms with E-state index in [1.54, 1.807) is 13.2 Å². The van der Waals surface area contributed by atoms with Crippen molar-refractivity contribution in [1.82, 2.24) is 0 Å².